The number of phenols is 1. The fourth-order valence-electron chi connectivity index (χ4n) is 3.34. The Labute approximate surface area is 158 Å². The van der Waals surface area contributed by atoms with E-state index in [9.17, 15) is 30.0 Å². The van der Waals surface area contributed by atoms with Crippen LogP contribution < -0.4 is 16.1 Å². The third-order valence-electron chi connectivity index (χ3n) is 4.67. The van der Waals surface area contributed by atoms with Crippen molar-refractivity contribution in [2.45, 2.75) is 43.9 Å². The van der Waals surface area contributed by atoms with E-state index >= 15 is 0 Å². The molecule has 0 aliphatic carbocycles. The van der Waals surface area contributed by atoms with Gasteiger partial charge in [-0.25, -0.2) is 4.79 Å². The number of aromatic hydroxyl groups is 1. The fraction of sp³-hybridized carbons (Fsp3) is 0.444. The maximum Gasteiger partial charge on any atom is 0.379 e. The number of phenolic OH excluding ortho intramolecular Hbond substituents is 1. The van der Waals surface area contributed by atoms with E-state index in [0.29, 0.717) is 10.9 Å². The van der Waals surface area contributed by atoms with Crippen molar-refractivity contribution in [2.24, 2.45) is 5.73 Å². The molecule has 0 radical (unpaired) electrons. The lowest BCUT2D eigenvalue weighted by molar-refractivity contribution is -0.292. The zero-order valence-corrected chi connectivity index (χ0v) is 15.0. The minimum Gasteiger partial charge on any atom is -0.508 e. The molecule has 10 nitrogen and oxygen atoms in total. The van der Waals surface area contributed by atoms with Gasteiger partial charge in [0.15, 0.2) is 0 Å². The number of aliphatic hydroxyl groups excluding tert-OH is 3. The summed E-state index contributed by atoms with van der Waals surface area (Å²) >= 11 is 0. The van der Waals surface area contributed by atoms with Crippen molar-refractivity contribution < 1.29 is 39.1 Å². The normalized spacial score (nSPS) is 27.6. The van der Waals surface area contributed by atoms with Crippen LogP contribution in [0.4, 0.5) is 0 Å². The van der Waals surface area contributed by atoms with Crippen molar-refractivity contribution in [3.05, 3.63) is 34.2 Å². The van der Waals surface area contributed by atoms with Gasteiger partial charge in [0.1, 0.15) is 23.5 Å². The number of carbonyl (C=O) groups is 1. The smallest absolute Gasteiger partial charge is 0.379 e. The summed E-state index contributed by atoms with van der Waals surface area (Å²) < 4.78 is 16.5. The molecular weight excluding hydrogens is 374 g/mol. The zero-order chi connectivity index (χ0) is 20.6. The van der Waals surface area contributed by atoms with Crippen LogP contribution in [0.25, 0.3) is 11.0 Å². The lowest BCUT2D eigenvalue weighted by atomic mass is 9.93. The molecule has 28 heavy (non-hydrogen) atoms. The van der Waals surface area contributed by atoms with Gasteiger partial charge in [0.05, 0.1) is 19.1 Å². The van der Waals surface area contributed by atoms with E-state index in [1.807, 2.05) is 0 Å². The summed E-state index contributed by atoms with van der Waals surface area (Å²) in [6.07, 6.45) is -4.98. The van der Waals surface area contributed by atoms with E-state index in [1.54, 1.807) is 6.92 Å². The average Bonchev–Trinajstić information content (AvgIpc) is 2.61. The summed E-state index contributed by atoms with van der Waals surface area (Å²) in [5.41, 5.74) is 4.86. The maximum absolute atomic E-state index is 12.5. The van der Waals surface area contributed by atoms with Crippen LogP contribution in [0.15, 0.2) is 27.4 Å². The van der Waals surface area contributed by atoms with Crippen molar-refractivity contribution >= 4 is 16.9 Å². The number of hydrogen-bond acceptors (Lipinski definition) is 9. The quantitative estimate of drug-likeness (QED) is 0.409. The molecule has 4 atom stereocenters. The lowest BCUT2D eigenvalue weighted by Gasteiger charge is -2.44. The van der Waals surface area contributed by atoms with Crippen LogP contribution in [0.2, 0.25) is 0 Å². The number of hydrogen-bond donors (Lipinski definition) is 5. The largest absolute Gasteiger partial charge is 0.508 e. The number of aliphatic hydroxyl groups is 3. The summed E-state index contributed by atoms with van der Waals surface area (Å²) in [6.45, 7) is 0.911. The first-order valence-corrected chi connectivity index (χ1v) is 8.54. The molecule has 152 valence electrons. The van der Waals surface area contributed by atoms with Gasteiger partial charge in [-0.3, -0.25) is 4.79 Å². The van der Waals surface area contributed by atoms with E-state index in [4.69, 9.17) is 19.6 Å². The number of aryl methyl sites for hydroxylation is 1. The second-order valence-electron chi connectivity index (χ2n) is 6.78. The third-order valence-corrected chi connectivity index (χ3v) is 4.67. The van der Waals surface area contributed by atoms with Gasteiger partial charge in [0.2, 0.25) is 17.4 Å². The Morgan fingerprint density at radius 1 is 1.39 bits per heavy atom. The average molecular weight is 395 g/mol. The van der Waals surface area contributed by atoms with Crippen LogP contribution in [-0.4, -0.2) is 57.0 Å². The topological polar surface area (TPSA) is 173 Å². The highest BCUT2D eigenvalue weighted by molar-refractivity contribution is 5.83. The summed E-state index contributed by atoms with van der Waals surface area (Å²) in [5, 5.41) is 39.5. The van der Waals surface area contributed by atoms with Crippen LogP contribution in [0.3, 0.4) is 0 Å². The first-order valence-electron chi connectivity index (χ1n) is 8.54. The molecule has 1 unspecified atom stereocenters. The van der Waals surface area contributed by atoms with Gasteiger partial charge in [-0.1, -0.05) is 0 Å². The number of fused-ring (bicyclic) bond motifs is 1. The van der Waals surface area contributed by atoms with E-state index in [2.05, 4.69) is 0 Å². The summed E-state index contributed by atoms with van der Waals surface area (Å²) in [5.74, 6) is -3.10. The monoisotopic (exact) mass is 395 g/mol. The number of amides is 1. The van der Waals surface area contributed by atoms with Gasteiger partial charge in [-0.2, -0.15) is 0 Å². The predicted molar refractivity (Wildman–Crippen MR) is 94.6 cm³/mol. The van der Waals surface area contributed by atoms with Gasteiger partial charge in [0.25, 0.3) is 0 Å². The molecular formula is C18H21NO9. The molecule has 2 aromatic rings. The Hall–Kier alpha value is -2.66. The Balaban J connectivity index is 2.08. The Morgan fingerprint density at radius 3 is 2.75 bits per heavy atom. The van der Waals surface area contributed by atoms with E-state index in [-0.39, 0.29) is 23.5 Å². The Morgan fingerprint density at radius 2 is 2.11 bits per heavy atom. The Bertz CT molecular complexity index is 956. The molecule has 3 rings (SSSR count). The maximum atomic E-state index is 12.5. The SMILES string of the molecule is Cc1c(OC2(CC(N)=O)C[C@@H](O)[C@H](O)[C@@H](CO)O2)c(=O)oc2cc(O)ccc12. The minimum atomic E-state index is -1.89. The van der Waals surface area contributed by atoms with Crippen molar-refractivity contribution in [1.82, 2.24) is 0 Å². The fourth-order valence-corrected chi connectivity index (χ4v) is 3.34. The number of benzene rings is 1. The van der Waals surface area contributed by atoms with Crippen molar-refractivity contribution in [3.8, 4) is 11.5 Å². The molecule has 1 amide bonds. The third kappa shape index (κ3) is 3.67. The molecule has 1 aromatic heterocycles. The second-order valence-corrected chi connectivity index (χ2v) is 6.78. The summed E-state index contributed by atoms with van der Waals surface area (Å²) in [7, 11) is 0. The zero-order valence-electron chi connectivity index (χ0n) is 15.0. The standard InChI is InChI=1S/C18H21NO9/c1-8-10-3-2-9(21)4-12(10)26-17(25)16(8)28-18(6-14(19)23)5-11(22)15(24)13(7-20)27-18/h2-4,11,13,15,20-22,24H,5-7H2,1H3,(H2,19,23)/t11-,13-,15+,18?/m1/s1. The number of nitrogens with two attached hydrogens (primary N) is 1. The molecule has 1 aliphatic rings. The molecule has 1 fully saturated rings. The molecule has 10 heteroatoms. The highest BCUT2D eigenvalue weighted by atomic mass is 16.7. The van der Waals surface area contributed by atoms with Crippen molar-refractivity contribution in [1.29, 1.82) is 0 Å². The van der Waals surface area contributed by atoms with Crippen molar-refractivity contribution in [3.63, 3.8) is 0 Å². The van der Waals surface area contributed by atoms with Gasteiger partial charge >= 0.3 is 5.63 Å². The second kappa shape index (κ2) is 7.40. The first kappa shape index (κ1) is 20.1. The van der Waals surface area contributed by atoms with Crippen LogP contribution in [0, 0.1) is 6.92 Å². The van der Waals surface area contributed by atoms with Crippen molar-refractivity contribution in [2.75, 3.05) is 6.61 Å². The van der Waals surface area contributed by atoms with Crippen LogP contribution >= 0.6 is 0 Å². The summed E-state index contributed by atoms with van der Waals surface area (Å²) in [4.78, 5) is 24.0. The number of primary amides is 1. The molecule has 0 saturated carbocycles. The molecule has 1 saturated heterocycles. The van der Waals surface area contributed by atoms with Gasteiger partial charge in [-0.05, 0) is 19.1 Å². The molecule has 2 heterocycles. The molecule has 0 bridgehead atoms. The number of ether oxygens (including phenoxy) is 2. The lowest BCUT2D eigenvalue weighted by Crippen LogP contribution is -2.59. The van der Waals surface area contributed by atoms with Crippen LogP contribution in [0.5, 0.6) is 11.5 Å². The molecule has 0 spiro atoms. The van der Waals surface area contributed by atoms with Gasteiger partial charge in [-0.15, -0.1) is 0 Å². The van der Waals surface area contributed by atoms with Crippen LogP contribution in [0.1, 0.15) is 18.4 Å². The highest BCUT2D eigenvalue weighted by Crippen LogP contribution is 2.36. The molecule has 6 N–H and O–H groups in total. The number of rotatable bonds is 5. The predicted octanol–water partition coefficient (Wildman–Crippen LogP) is -0.739. The first-order chi connectivity index (χ1) is 13.2. The Kier molecular flexibility index (Phi) is 5.31. The van der Waals surface area contributed by atoms with E-state index in [0.717, 1.165) is 0 Å². The van der Waals surface area contributed by atoms with Crippen LogP contribution in [-0.2, 0) is 9.53 Å². The minimum absolute atomic E-state index is 0.0903. The van der Waals surface area contributed by atoms with Gasteiger partial charge < -0.3 is 40.1 Å². The van der Waals surface area contributed by atoms with E-state index < -0.39 is 48.7 Å². The number of carbonyl (C=O) groups excluding carboxylic acids is 1. The molecule has 1 aliphatic heterocycles. The van der Waals surface area contributed by atoms with E-state index in [1.165, 1.54) is 18.2 Å². The highest BCUT2D eigenvalue weighted by Gasteiger charge is 2.49. The van der Waals surface area contributed by atoms with Gasteiger partial charge in [0, 0.05) is 23.4 Å². The summed E-state index contributed by atoms with van der Waals surface area (Å²) in [6, 6.07) is 4.19. The molecule has 1 aromatic carbocycles.